The number of amides is 1. The molecule has 3 aromatic rings. The van der Waals surface area contributed by atoms with Crippen LogP contribution in [0, 0.1) is 5.82 Å². The molecule has 0 saturated carbocycles. The van der Waals surface area contributed by atoms with Crippen molar-refractivity contribution in [3.8, 4) is 11.4 Å². The monoisotopic (exact) mass is 357 g/mol. The molecule has 5 nitrogen and oxygen atoms in total. The van der Waals surface area contributed by atoms with Crippen molar-refractivity contribution < 1.29 is 13.7 Å². The lowest BCUT2D eigenvalue weighted by Crippen LogP contribution is -2.12. The highest BCUT2D eigenvalue weighted by atomic mass is 32.2. The highest BCUT2D eigenvalue weighted by molar-refractivity contribution is 7.98. The Morgan fingerprint density at radius 1 is 1.24 bits per heavy atom. The van der Waals surface area contributed by atoms with E-state index in [0.29, 0.717) is 23.7 Å². The van der Waals surface area contributed by atoms with Gasteiger partial charge in [0.1, 0.15) is 5.82 Å². The van der Waals surface area contributed by atoms with Crippen LogP contribution in [0.25, 0.3) is 11.4 Å². The van der Waals surface area contributed by atoms with Crippen LogP contribution in [0.5, 0.6) is 0 Å². The van der Waals surface area contributed by atoms with Crippen LogP contribution in [0.15, 0.2) is 57.9 Å². The average Bonchev–Trinajstić information content (AvgIpc) is 3.09. The Bertz CT molecular complexity index is 882. The number of rotatable bonds is 6. The van der Waals surface area contributed by atoms with Gasteiger partial charge in [0.05, 0.1) is 0 Å². The second-order valence-electron chi connectivity index (χ2n) is 5.30. The molecule has 0 aliphatic carbocycles. The first-order chi connectivity index (χ1) is 12.1. The first-order valence-corrected chi connectivity index (χ1v) is 8.89. The fourth-order valence-electron chi connectivity index (χ4n) is 2.25. The maximum atomic E-state index is 13.2. The Kier molecular flexibility index (Phi) is 5.45. The maximum absolute atomic E-state index is 13.2. The van der Waals surface area contributed by atoms with Crippen LogP contribution >= 0.6 is 11.8 Å². The Morgan fingerprint density at radius 2 is 2.08 bits per heavy atom. The summed E-state index contributed by atoms with van der Waals surface area (Å²) >= 11 is 1.61. The quantitative estimate of drug-likeness (QED) is 0.671. The molecule has 1 amide bonds. The van der Waals surface area contributed by atoms with E-state index in [2.05, 4.69) is 15.5 Å². The van der Waals surface area contributed by atoms with Gasteiger partial charge < -0.3 is 9.84 Å². The van der Waals surface area contributed by atoms with Gasteiger partial charge in [0, 0.05) is 29.0 Å². The molecule has 0 aliphatic heterocycles. The fraction of sp³-hybridized carbons (Fsp3) is 0.167. The molecule has 1 heterocycles. The van der Waals surface area contributed by atoms with E-state index in [1.807, 2.05) is 30.5 Å². The van der Waals surface area contributed by atoms with Gasteiger partial charge in [-0.1, -0.05) is 23.4 Å². The lowest BCUT2D eigenvalue weighted by atomic mass is 10.2. The zero-order chi connectivity index (χ0) is 17.6. The second kappa shape index (κ2) is 7.94. The van der Waals surface area contributed by atoms with E-state index in [-0.39, 0.29) is 18.1 Å². The van der Waals surface area contributed by atoms with E-state index in [1.165, 1.54) is 12.1 Å². The molecule has 3 rings (SSSR count). The largest absolute Gasteiger partial charge is 0.339 e. The van der Waals surface area contributed by atoms with Gasteiger partial charge in [0.15, 0.2) is 0 Å². The van der Waals surface area contributed by atoms with E-state index in [1.54, 1.807) is 23.9 Å². The number of carbonyl (C=O) groups is 1. The van der Waals surface area contributed by atoms with Crippen LogP contribution < -0.4 is 5.32 Å². The van der Waals surface area contributed by atoms with E-state index in [9.17, 15) is 9.18 Å². The number of aryl methyl sites for hydroxylation is 1. The zero-order valence-electron chi connectivity index (χ0n) is 13.5. The number of halogens is 1. The Balaban J connectivity index is 1.57. The molecule has 0 atom stereocenters. The van der Waals surface area contributed by atoms with Crippen molar-refractivity contribution in [1.29, 1.82) is 0 Å². The van der Waals surface area contributed by atoms with Crippen LogP contribution in [0.2, 0.25) is 0 Å². The number of benzene rings is 2. The molecule has 25 heavy (non-hydrogen) atoms. The summed E-state index contributed by atoms with van der Waals surface area (Å²) in [4.78, 5) is 17.3. The summed E-state index contributed by atoms with van der Waals surface area (Å²) in [5.74, 6) is 0.148. The summed E-state index contributed by atoms with van der Waals surface area (Å²) in [5.41, 5.74) is 1.29. The highest BCUT2D eigenvalue weighted by Crippen LogP contribution is 2.20. The van der Waals surface area contributed by atoms with Gasteiger partial charge >= 0.3 is 0 Å². The van der Waals surface area contributed by atoms with Gasteiger partial charge in [0.25, 0.3) is 0 Å². The summed E-state index contributed by atoms with van der Waals surface area (Å²) in [6.45, 7) is 0. The number of thioether (sulfide) groups is 1. The summed E-state index contributed by atoms with van der Waals surface area (Å²) in [5, 5.41) is 6.67. The van der Waals surface area contributed by atoms with Crippen molar-refractivity contribution in [2.75, 3.05) is 11.6 Å². The second-order valence-corrected chi connectivity index (χ2v) is 6.18. The third kappa shape index (κ3) is 4.67. The molecule has 0 aliphatic rings. The average molecular weight is 357 g/mol. The number of hydrogen-bond donors (Lipinski definition) is 1. The minimum Gasteiger partial charge on any atom is -0.339 e. The zero-order valence-corrected chi connectivity index (χ0v) is 14.3. The van der Waals surface area contributed by atoms with E-state index < -0.39 is 0 Å². The smallest absolute Gasteiger partial charge is 0.227 e. The van der Waals surface area contributed by atoms with Crippen molar-refractivity contribution >= 4 is 23.4 Å². The number of carbonyl (C=O) groups excluding carboxylic acids is 1. The minimum absolute atomic E-state index is 0.135. The van der Waals surface area contributed by atoms with E-state index >= 15 is 0 Å². The molecule has 0 unspecified atom stereocenters. The third-order valence-electron chi connectivity index (χ3n) is 3.47. The number of hydrogen-bond acceptors (Lipinski definition) is 5. The van der Waals surface area contributed by atoms with Crippen molar-refractivity contribution in [3.05, 3.63) is 60.2 Å². The normalized spacial score (nSPS) is 10.6. The maximum Gasteiger partial charge on any atom is 0.227 e. The molecule has 0 radical (unpaired) electrons. The van der Waals surface area contributed by atoms with E-state index in [0.717, 1.165) is 10.6 Å². The molecule has 0 saturated heterocycles. The first kappa shape index (κ1) is 17.2. The fourth-order valence-corrected chi connectivity index (χ4v) is 2.71. The molecule has 0 spiro atoms. The van der Waals surface area contributed by atoms with Crippen LogP contribution in [0.1, 0.15) is 12.3 Å². The molecular weight excluding hydrogens is 341 g/mol. The summed E-state index contributed by atoms with van der Waals surface area (Å²) in [6, 6.07) is 13.6. The van der Waals surface area contributed by atoms with Gasteiger partial charge in [-0.15, -0.1) is 11.8 Å². The number of nitrogens with zero attached hydrogens (tertiary/aromatic N) is 2. The van der Waals surface area contributed by atoms with E-state index in [4.69, 9.17) is 4.52 Å². The van der Waals surface area contributed by atoms with Crippen molar-refractivity contribution in [2.45, 2.75) is 17.7 Å². The van der Waals surface area contributed by atoms with Gasteiger partial charge in [-0.05, 0) is 36.6 Å². The Morgan fingerprint density at radius 3 is 2.88 bits per heavy atom. The molecule has 0 bridgehead atoms. The highest BCUT2D eigenvalue weighted by Gasteiger charge is 2.11. The van der Waals surface area contributed by atoms with Crippen LogP contribution in [-0.4, -0.2) is 22.3 Å². The standard InChI is InChI=1S/C18H16FN3O2S/c1-25-15-7-3-6-14(11-15)20-16(23)8-9-17-21-18(22-24-17)12-4-2-5-13(19)10-12/h2-7,10-11H,8-9H2,1H3,(H,20,23). The lowest BCUT2D eigenvalue weighted by Gasteiger charge is -2.05. The minimum atomic E-state index is -0.365. The summed E-state index contributed by atoms with van der Waals surface area (Å²) in [7, 11) is 0. The predicted octanol–water partition coefficient (Wildman–Crippen LogP) is 4.17. The van der Waals surface area contributed by atoms with Gasteiger partial charge in [-0.2, -0.15) is 4.98 Å². The summed E-state index contributed by atoms with van der Waals surface area (Å²) in [6.07, 6.45) is 2.51. The van der Waals surface area contributed by atoms with Crippen molar-refractivity contribution in [3.63, 3.8) is 0 Å². The number of nitrogens with one attached hydrogen (secondary N) is 1. The third-order valence-corrected chi connectivity index (χ3v) is 4.20. The predicted molar refractivity (Wildman–Crippen MR) is 94.9 cm³/mol. The SMILES string of the molecule is CSc1cccc(NC(=O)CCc2nc(-c3cccc(F)c3)no2)c1. The van der Waals surface area contributed by atoms with Crippen LogP contribution in [0.4, 0.5) is 10.1 Å². The molecule has 7 heteroatoms. The molecule has 128 valence electrons. The van der Waals surface area contributed by atoms with Crippen LogP contribution in [0.3, 0.4) is 0 Å². The topological polar surface area (TPSA) is 68.0 Å². The first-order valence-electron chi connectivity index (χ1n) is 7.66. The molecule has 2 aromatic carbocycles. The Labute approximate surface area is 148 Å². The molecule has 1 aromatic heterocycles. The number of aromatic nitrogens is 2. The van der Waals surface area contributed by atoms with Gasteiger partial charge in [-0.25, -0.2) is 4.39 Å². The van der Waals surface area contributed by atoms with Crippen molar-refractivity contribution in [2.24, 2.45) is 0 Å². The van der Waals surface area contributed by atoms with Crippen molar-refractivity contribution in [1.82, 2.24) is 10.1 Å². The number of anilines is 1. The molecule has 1 N–H and O–H groups in total. The lowest BCUT2D eigenvalue weighted by molar-refractivity contribution is -0.116. The van der Waals surface area contributed by atoms with Gasteiger partial charge in [0.2, 0.25) is 17.6 Å². The van der Waals surface area contributed by atoms with Gasteiger partial charge in [-0.3, -0.25) is 4.79 Å². The molecule has 0 fully saturated rings. The Hall–Kier alpha value is -2.67. The summed E-state index contributed by atoms with van der Waals surface area (Å²) < 4.78 is 18.4. The van der Waals surface area contributed by atoms with Crippen LogP contribution in [-0.2, 0) is 11.2 Å². The molecular formula is C18H16FN3O2S.